The minimum Gasteiger partial charge on any atom is -0.388 e. The molecule has 188 valence electrons. The van der Waals surface area contributed by atoms with Gasteiger partial charge >= 0.3 is 0 Å². The van der Waals surface area contributed by atoms with Crippen LogP contribution in [0.3, 0.4) is 0 Å². The molecular weight excluding hydrogens is 474 g/mol. The van der Waals surface area contributed by atoms with Gasteiger partial charge in [-0.05, 0) is 47.5 Å². The molecule has 1 unspecified atom stereocenters. The van der Waals surface area contributed by atoms with Crippen LogP contribution in [0.1, 0.15) is 12.5 Å². The van der Waals surface area contributed by atoms with Crippen molar-refractivity contribution in [2.45, 2.75) is 37.4 Å². The van der Waals surface area contributed by atoms with Crippen LogP contribution in [-0.4, -0.2) is 87.1 Å². The monoisotopic (exact) mass is 503 g/mol. The van der Waals surface area contributed by atoms with E-state index in [4.69, 9.17) is 9.47 Å². The number of morpholine rings is 1. The Balaban J connectivity index is 1.49. The zero-order valence-corrected chi connectivity index (χ0v) is 20.1. The van der Waals surface area contributed by atoms with Gasteiger partial charge in [0.2, 0.25) is 0 Å². The highest BCUT2D eigenvalue weighted by molar-refractivity contribution is 7.93. The molecule has 0 saturated carbocycles. The fraction of sp³-hybridized carbons (Fsp3) is 0.458. The van der Waals surface area contributed by atoms with Crippen LogP contribution in [0.5, 0.6) is 0 Å². The van der Waals surface area contributed by atoms with E-state index in [1.54, 1.807) is 18.2 Å². The van der Waals surface area contributed by atoms with Crippen LogP contribution in [0, 0.1) is 11.3 Å². The van der Waals surface area contributed by atoms with Crippen molar-refractivity contribution in [2.24, 2.45) is 0 Å². The molecule has 0 radical (unpaired) electrons. The molecule has 4 N–H and O–H groups in total. The van der Waals surface area contributed by atoms with Gasteiger partial charge in [-0.1, -0.05) is 18.2 Å². The Labute approximate surface area is 204 Å². The Kier molecular flexibility index (Phi) is 7.73. The minimum atomic E-state index is -4.22. The number of aliphatic hydroxyl groups is 3. The Morgan fingerprint density at radius 3 is 2.51 bits per heavy atom. The number of nitrogens with zero attached hydrogens (tertiary/aromatic N) is 2. The van der Waals surface area contributed by atoms with Crippen molar-refractivity contribution in [1.29, 1.82) is 5.26 Å². The Morgan fingerprint density at radius 1 is 1.11 bits per heavy atom. The standard InChI is InChI=1S/C24H29N3O7S/c1-15-22(28)24(30)23(29)21(34-15)14-26-35(31,32)20(13-25)11-16-2-3-18-12-19(5-4-17(18)10-16)27-6-8-33-9-7-27/h2-5,10-12,15,21-24,26,28-30H,6-9,14H2,1H3/b20-11+/t15?,21-,22+,23-,24-/m1/s1. The Morgan fingerprint density at radius 2 is 1.80 bits per heavy atom. The molecule has 2 aromatic carbocycles. The first kappa shape index (κ1) is 25.5. The zero-order chi connectivity index (χ0) is 25.2. The average Bonchev–Trinajstić information content (AvgIpc) is 2.87. The number of sulfonamides is 1. The molecule has 0 amide bonds. The number of benzene rings is 2. The summed E-state index contributed by atoms with van der Waals surface area (Å²) in [6.07, 6.45) is -4.85. The van der Waals surface area contributed by atoms with E-state index >= 15 is 0 Å². The third-order valence-electron chi connectivity index (χ3n) is 6.35. The Hall–Kier alpha value is -2.56. The highest BCUT2D eigenvalue weighted by atomic mass is 32.2. The molecule has 35 heavy (non-hydrogen) atoms. The summed E-state index contributed by atoms with van der Waals surface area (Å²) in [5, 5.41) is 41.2. The highest BCUT2D eigenvalue weighted by Crippen LogP contribution is 2.25. The van der Waals surface area contributed by atoms with Crippen LogP contribution in [0.2, 0.25) is 0 Å². The van der Waals surface area contributed by atoms with Gasteiger partial charge < -0.3 is 29.7 Å². The zero-order valence-electron chi connectivity index (χ0n) is 19.2. The second kappa shape index (κ2) is 10.6. The molecule has 5 atom stereocenters. The average molecular weight is 504 g/mol. The number of fused-ring (bicyclic) bond motifs is 1. The van der Waals surface area contributed by atoms with Gasteiger partial charge in [0, 0.05) is 25.3 Å². The molecule has 2 aliphatic rings. The van der Waals surface area contributed by atoms with E-state index in [9.17, 15) is 29.0 Å². The van der Waals surface area contributed by atoms with Crippen molar-refractivity contribution in [1.82, 2.24) is 4.72 Å². The predicted molar refractivity (Wildman–Crippen MR) is 130 cm³/mol. The van der Waals surface area contributed by atoms with Gasteiger partial charge in [0.1, 0.15) is 30.5 Å². The second-order valence-electron chi connectivity index (χ2n) is 8.71. The van der Waals surface area contributed by atoms with Crippen LogP contribution >= 0.6 is 0 Å². The highest BCUT2D eigenvalue weighted by Gasteiger charge is 2.42. The summed E-state index contributed by atoms with van der Waals surface area (Å²) < 4.78 is 38.6. The smallest absolute Gasteiger partial charge is 0.250 e. The van der Waals surface area contributed by atoms with E-state index in [0.29, 0.717) is 18.8 Å². The number of nitriles is 1. The topological polar surface area (TPSA) is 152 Å². The summed E-state index contributed by atoms with van der Waals surface area (Å²) in [5.41, 5.74) is 1.63. The van der Waals surface area contributed by atoms with E-state index in [2.05, 4.69) is 15.7 Å². The first-order valence-corrected chi connectivity index (χ1v) is 12.9. The van der Waals surface area contributed by atoms with Gasteiger partial charge in [0.25, 0.3) is 10.0 Å². The lowest BCUT2D eigenvalue weighted by molar-refractivity contribution is -0.214. The molecule has 10 nitrogen and oxygen atoms in total. The summed E-state index contributed by atoms with van der Waals surface area (Å²) in [4.78, 5) is 1.75. The van der Waals surface area contributed by atoms with Crippen molar-refractivity contribution < 1.29 is 33.2 Å². The second-order valence-corrected chi connectivity index (χ2v) is 10.4. The first-order chi connectivity index (χ1) is 16.7. The first-order valence-electron chi connectivity index (χ1n) is 11.4. The summed E-state index contributed by atoms with van der Waals surface area (Å²) in [5.74, 6) is 0. The van der Waals surface area contributed by atoms with Crippen molar-refractivity contribution in [2.75, 3.05) is 37.7 Å². The van der Waals surface area contributed by atoms with Crippen LogP contribution in [0.25, 0.3) is 16.8 Å². The molecule has 4 rings (SSSR count). The molecular formula is C24H29N3O7S. The van der Waals surface area contributed by atoms with E-state index < -0.39 is 45.4 Å². The molecule has 11 heteroatoms. The lowest BCUT2D eigenvalue weighted by Crippen LogP contribution is -2.59. The summed E-state index contributed by atoms with van der Waals surface area (Å²) in [7, 11) is -4.22. The fourth-order valence-corrected chi connectivity index (χ4v) is 5.21. The van der Waals surface area contributed by atoms with Gasteiger partial charge in [-0.25, -0.2) is 13.1 Å². The molecule has 0 bridgehead atoms. The molecule has 2 fully saturated rings. The van der Waals surface area contributed by atoms with Gasteiger partial charge in [0.05, 0.1) is 19.3 Å². The maximum Gasteiger partial charge on any atom is 0.250 e. The number of hydrogen-bond donors (Lipinski definition) is 4. The van der Waals surface area contributed by atoms with Crippen molar-refractivity contribution in [3.8, 4) is 6.07 Å². The maximum absolute atomic E-state index is 12.8. The third-order valence-corrected chi connectivity index (χ3v) is 7.68. The van der Waals surface area contributed by atoms with Crippen molar-refractivity contribution in [3.05, 3.63) is 46.9 Å². The summed E-state index contributed by atoms with van der Waals surface area (Å²) >= 11 is 0. The van der Waals surface area contributed by atoms with Crippen LogP contribution < -0.4 is 9.62 Å². The molecule has 0 spiro atoms. The van der Waals surface area contributed by atoms with E-state index in [1.165, 1.54) is 13.0 Å². The molecule has 2 aliphatic heterocycles. The van der Waals surface area contributed by atoms with Gasteiger partial charge in [-0.15, -0.1) is 0 Å². The maximum atomic E-state index is 12.8. The summed E-state index contributed by atoms with van der Waals surface area (Å²) in [6, 6.07) is 13.2. The number of nitrogens with one attached hydrogen (secondary N) is 1. The number of allylic oxidation sites excluding steroid dienone is 1. The number of anilines is 1. The quantitative estimate of drug-likeness (QED) is 0.409. The lowest BCUT2D eigenvalue weighted by atomic mass is 9.96. The van der Waals surface area contributed by atoms with E-state index in [1.807, 2.05) is 18.2 Å². The largest absolute Gasteiger partial charge is 0.388 e. The van der Waals surface area contributed by atoms with Crippen molar-refractivity contribution in [3.63, 3.8) is 0 Å². The number of ether oxygens (including phenoxy) is 2. The third kappa shape index (κ3) is 5.65. The Bertz CT molecular complexity index is 1240. The number of rotatable bonds is 6. The summed E-state index contributed by atoms with van der Waals surface area (Å²) in [6.45, 7) is 4.15. The molecule has 0 aromatic heterocycles. The molecule has 2 aromatic rings. The van der Waals surface area contributed by atoms with Crippen LogP contribution in [0.4, 0.5) is 5.69 Å². The number of aliphatic hydroxyl groups excluding tert-OH is 3. The van der Waals surface area contributed by atoms with Crippen LogP contribution in [-0.2, 0) is 19.5 Å². The van der Waals surface area contributed by atoms with Gasteiger partial charge in [-0.2, -0.15) is 5.26 Å². The SMILES string of the molecule is CC1O[C@H](CNS(=O)(=O)/C(C#N)=C/c2ccc3cc(N4CCOCC4)ccc3c2)[C@@H](O)[C@H](O)[C@H]1O. The van der Waals surface area contributed by atoms with E-state index in [-0.39, 0.29) is 6.54 Å². The molecule has 2 heterocycles. The number of hydrogen-bond acceptors (Lipinski definition) is 9. The molecule has 2 saturated heterocycles. The van der Waals surface area contributed by atoms with Gasteiger partial charge in [-0.3, -0.25) is 0 Å². The predicted octanol–water partition coefficient (Wildman–Crippen LogP) is 0.330. The fourth-order valence-electron chi connectivity index (χ4n) is 4.26. The minimum absolute atomic E-state index is 0.376. The van der Waals surface area contributed by atoms with Crippen molar-refractivity contribution >= 4 is 32.6 Å². The molecule has 0 aliphatic carbocycles. The lowest BCUT2D eigenvalue weighted by Gasteiger charge is -2.39. The normalized spacial score (nSPS) is 28.1. The van der Waals surface area contributed by atoms with Crippen LogP contribution in [0.15, 0.2) is 41.3 Å². The van der Waals surface area contributed by atoms with Gasteiger partial charge in [0.15, 0.2) is 4.91 Å². The van der Waals surface area contributed by atoms with E-state index in [0.717, 1.165) is 29.5 Å².